The summed E-state index contributed by atoms with van der Waals surface area (Å²) in [7, 11) is 0. The molecule has 0 aromatic carbocycles. The number of hydrogen-bond donors (Lipinski definition) is 1. The lowest BCUT2D eigenvalue weighted by molar-refractivity contribution is -0.154. The van der Waals surface area contributed by atoms with E-state index in [9.17, 15) is 9.59 Å². The minimum atomic E-state index is -0.419. The average molecular weight is 308 g/mol. The molecule has 1 saturated heterocycles. The topological polar surface area (TPSA) is 49.4 Å². The molecule has 0 bridgehead atoms. The van der Waals surface area contributed by atoms with E-state index in [0.29, 0.717) is 13.0 Å². The Balaban J connectivity index is 2.30. The summed E-state index contributed by atoms with van der Waals surface area (Å²) in [6.07, 6.45) is 1.57. The van der Waals surface area contributed by atoms with E-state index in [4.69, 9.17) is 0 Å². The molecule has 1 aliphatic rings. The molecule has 1 N–H and O–H groups in total. The van der Waals surface area contributed by atoms with Crippen molar-refractivity contribution in [2.24, 2.45) is 5.41 Å². The molecule has 2 rings (SSSR count). The maximum Gasteiger partial charge on any atom is 0.246 e. The summed E-state index contributed by atoms with van der Waals surface area (Å²) in [5.41, 5.74) is 0.806. The van der Waals surface area contributed by atoms with Gasteiger partial charge in [-0.25, -0.2) is 0 Å². The third-order valence-electron chi connectivity index (χ3n) is 3.79. The van der Waals surface area contributed by atoms with Crippen molar-refractivity contribution in [1.82, 2.24) is 10.2 Å². The van der Waals surface area contributed by atoms with Gasteiger partial charge >= 0.3 is 0 Å². The van der Waals surface area contributed by atoms with E-state index in [-0.39, 0.29) is 23.3 Å². The molecule has 1 aromatic heterocycles. The fourth-order valence-electron chi connectivity index (χ4n) is 2.87. The third-order valence-corrected chi connectivity index (χ3v) is 4.52. The first kappa shape index (κ1) is 16.0. The number of hydrogen-bond acceptors (Lipinski definition) is 3. The van der Waals surface area contributed by atoms with Crippen LogP contribution in [-0.2, 0) is 16.1 Å². The first-order valence-electron chi connectivity index (χ1n) is 7.46. The number of carbonyl (C=O) groups is 2. The summed E-state index contributed by atoms with van der Waals surface area (Å²) in [6, 6.07) is 1.22. The van der Waals surface area contributed by atoms with Crippen LogP contribution >= 0.6 is 11.3 Å². The van der Waals surface area contributed by atoms with Gasteiger partial charge in [-0.2, -0.15) is 11.3 Å². The Bertz CT molecular complexity index is 505. The molecule has 4 nitrogen and oxygen atoms in total. The van der Waals surface area contributed by atoms with E-state index in [1.165, 1.54) is 0 Å². The molecule has 116 valence electrons. The van der Waals surface area contributed by atoms with Gasteiger partial charge in [0.1, 0.15) is 12.1 Å². The van der Waals surface area contributed by atoms with Crippen LogP contribution in [0.15, 0.2) is 16.8 Å². The monoisotopic (exact) mass is 308 g/mol. The van der Waals surface area contributed by atoms with Gasteiger partial charge in [0.25, 0.3) is 0 Å². The highest BCUT2D eigenvalue weighted by Gasteiger charge is 2.45. The van der Waals surface area contributed by atoms with Gasteiger partial charge < -0.3 is 10.2 Å². The molecule has 2 heterocycles. The molecule has 2 atom stereocenters. The van der Waals surface area contributed by atoms with Crippen molar-refractivity contribution in [2.75, 3.05) is 0 Å². The van der Waals surface area contributed by atoms with Crippen LogP contribution in [0.3, 0.4) is 0 Å². The SMILES string of the molecule is CCCC1NC(=O)C(C(C)(C)C)N(Cc2ccsc2)C1=O. The number of thiophene rings is 1. The fraction of sp³-hybridized carbons (Fsp3) is 0.625. The van der Waals surface area contributed by atoms with Crippen LogP contribution in [-0.4, -0.2) is 28.8 Å². The highest BCUT2D eigenvalue weighted by atomic mass is 32.1. The second kappa shape index (κ2) is 6.18. The summed E-state index contributed by atoms with van der Waals surface area (Å²) in [6.45, 7) is 8.55. The first-order valence-corrected chi connectivity index (χ1v) is 8.40. The summed E-state index contributed by atoms with van der Waals surface area (Å²) in [5, 5.41) is 6.94. The number of carbonyl (C=O) groups excluding carboxylic acids is 2. The van der Waals surface area contributed by atoms with Crippen LogP contribution in [0.4, 0.5) is 0 Å². The summed E-state index contributed by atoms with van der Waals surface area (Å²) >= 11 is 1.61. The minimum absolute atomic E-state index is 0.0317. The van der Waals surface area contributed by atoms with Crippen LogP contribution < -0.4 is 5.32 Å². The van der Waals surface area contributed by atoms with Crippen LogP contribution in [0.2, 0.25) is 0 Å². The van der Waals surface area contributed by atoms with Crippen molar-refractivity contribution in [3.8, 4) is 0 Å². The first-order chi connectivity index (χ1) is 9.84. The molecule has 1 fully saturated rings. The fourth-order valence-corrected chi connectivity index (χ4v) is 3.53. The molecule has 5 heteroatoms. The third kappa shape index (κ3) is 3.46. The van der Waals surface area contributed by atoms with E-state index in [0.717, 1.165) is 12.0 Å². The molecule has 1 aliphatic heterocycles. The summed E-state index contributed by atoms with van der Waals surface area (Å²) in [5.74, 6) is 0.0124. The number of rotatable bonds is 4. The zero-order valence-corrected chi connectivity index (χ0v) is 14.0. The molecular weight excluding hydrogens is 284 g/mol. The van der Waals surface area contributed by atoms with Crippen molar-refractivity contribution < 1.29 is 9.59 Å². The van der Waals surface area contributed by atoms with Crippen molar-refractivity contribution in [3.63, 3.8) is 0 Å². The molecule has 0 radical (unpaired) electrons. The van der Waals surface area contributed by atoms with Crippen LogP contribution in [0.5, 0.6) is 0 Å². The Kier molecular flexibility index (Phi) is 4.71. The smallest absolute Gasteiger partial charge is 0.246 e. The van der Waals surface area contributed by atoms with Crippen LogP contribution in [0.25, 0.3) is 0 Å². The Hall–Kier alpha value is -1.36. The molecule has 1 aromatic rings. The van der Waals surface area contributed by atoms with E-state index in [1.807, 2.05) is 44.5 Å². The number of piperazine rings is 1. The average Bonchev–Trinajstić information content (AvgIpc) is 2.86. The number of nitrogens with one attached hydrogen (secondary N) is 1. The molecule has 2 amide bonds. The van der Waals surface area contributed by atoms with Crippen molar-refractivity contribution >= 4 is 23.2 Å². The minimum Gasteiger partial charge on any atom is -0.342 e. The van der Waals surface area contributed by atoms with Crippen LogP contribution in [0, 0.1) is 5.41 Å². The number of amides is 2. The number of nitrogens with zero attached hydrogens (tertiary/aromatic N) is 1. The normalized spacial score (nSPS) is 23.3. The Morgan fingerprint density at radius 2 is 2.05 bits per heavy atom. The van der Waals surface area contributed by atoms with Crippen LogP contribution in [0.1, 0.15) is 46.1 Å². The Labute approximate surface area is 130 Å². The molecule has 0 saturated carbocycles. The molecule has 2 unspecified atom stereocenters. The second-order valence-corrected chi connectivity index (χ2v) is 7.50. The molecule has 0 spiro atoms. The Morgan fingerprint density at radius 3 is 2.57 bits per heavy atom. The van der Waals surface area contributed by atoms with Gasteiger partial charge in [0, 0.05) is 6.54 Å². The molecular formula is C16H24N2O2S. The lowest BCUT2D eigenvalue weighted by atomic mass is 9.82. The van der Waals surface area contributed by atoms with E-state index < -0.39 is 6.04 Å². The maximum absolute atomic E-state index is 12.8. The predicted molar refractivity (Wildman–Crippen MR) is 85.0 cm³/mol. The van der Waals surface area contributed by atoms with Crippen molar-refractivity contribution in [1.29, 1.82) is 0 Å². The van der Waals surface area contributed by atoms with Gasteiger partial charge in [-0.15, -0.1) is 0 Å². The van der Waals surface area contributed by atoms with Gasteiger partial charge in [0.05, 0.1) is 0 Å². The molecule has 0 aliphatic carbocycles. The lowest BCUT2D eigenvalue weighted by Gasteiger charge is -2.44. The second-order valence-electron chi connectivity index (χ2n) is 6.72. The van der Waals surface area contributed by atoms with Gasteiger partial charge in [-0.3, -0.25) is 9.59 Å². The summed E-state index contributed by atoms with van der Waals surface area (Å²) in [4.78, 5) is 27.0. The summed E-state index contributed by atoms with van der Waals surface area (Å²) < 4.78 is 0. The zero-order chi connectivity index (χ0) is 15.6. The van der Waals surface area contributed by atoms with Gasteiger partial charge in [0.15, 0.2) is 0 Å². The van der Waals surface area contributed by atoms with E-state index >= 15 is 0 Å². The van der Waals surface area contributed by atoms with Crippen molar-refractivity contribution in [3.05, 3.63) is 22.4 Å². The maximum atomic E-state index is 12.8. The highest BCUT2D eigenvalue weighted by molar-refractivity contribution is 7.07. The van der Waals surface area contributed by atoms with Gasteiger partial charge in [0.2, 0.25) is 11.8 Å². The zero-order valence-electron chi connectivity index (χ0n) is 13.2. The van der Waals surface area contributed by atoms with Gasteiger partial charge in [-0.05, 0) is 34.2 Å². The highest BCUT2D eigenvalue weighted by Crippen LogP contribution is 2.30. The quantitative estimate of drug-likeness (QED) is 0.930. The standard InChI is InChI=1S/C16H24N2O2S/c1-5-6-12-15(20)18(9-11-7-8-21-10-11)13(14(19)17-12)16(2,3)4/h7-8,10,12-13H,5-6,9H2,1-4H3,(H,17,19). The van der Waals surface area contributed by atoms with E-state index in [1.54, 1.807) is 16.2 Å². The Morgan fingerprint density at radius 1 is 1.33 bits per heavy atom. The van der Waals surface area contributed by atoms with E-state index in [2.05, 4.69) is 5.32 Å². The lowest BCUT2D eigenvalue weighted by Crippen LogP contribution is -2.66. The molecule has 21 heavy (non-hydrogen) atoms. The predicted octanol–water partition coefficient (Wildman–Crippen LogP) is 2.79. The largest absolute Gasteiger partial charge is 0.342 e. The van der Waals surface area contributed by atoms with Crippen molar-refractivity contribution in [2.45, 2.75) is 59.2 Å². The van der Waals surface area contributed by atoms with Gasteiger partial charge in [-0.1, -0.05) is 34.1 Å².